The van der Waals surface area contributed by atoms with Crippen LogP contribution < -0.4 is 24.7 Å². The minimum absolute atomic E-state index is 0.0110. The van der Waals surface area contributed by atoms with Gasteiger partial charge in [0.15, 0.2) is 11.5 Å². The maximum absolute atomic E-state index is 12.8. The maximum atomic E-state index is 12.8. The molecule has 0 aliphatic heterocycles. The molecular weight excluding hydrogens is 358 g/mol. The Labute approximate surface area is 157 Å². The summed E-state index contributed by atoms with van der Waals surface area (Å²) in [6.45, 7) is 0. The highest BCUT2D eigenvalue weighted by atomic mass is 35.5. The lowest BCUT2D eigenvalue weighted by Crippen LogP contribution is -2.05. The predicted molar refractivity (Wildman–Crippen MR) is 102 cm³/mol. The fourth-order valence-electron chi connectivity index (χ4n) is 2.41. The monoisotopic (exact) mass is 377 g/mol. The topological polar surface area (TPSA) is 80.0 Å². The van der Waals surface area contributed by atoms with Gasteiger partial charge >= 0.3 is 0 Å². The van der Waals surface area contributed by atoms with Crippen LogP contribution in [0, 0.1) is 0 Å². The molecule has 2 aromatic carbocycles. The van der Waals surface area contributed by atoms with Gasteiger partial charge in [-0.15, -0.1) is 0 Å². The van der Waals surface area contributed by atoms with Crippen molar-refractivity contribution in [2.45, 2.75) is 0 Å². The van der Waals surface area contributed by atoms with Crippen molar-refractivity contribution in [3.63, 3.8) is 0 Å². The number of allylic oxidation sites excluding steroid dienone is 1. The highest BCUT2D eigenvalue weighted by molar-refractivity contribution is 6.47. The quantitative estimate of drug-likeness (QED) is 0.449. The van der Waals surface area contributed by atoms with Crippen molar-refractivity contribution >= 4 is 29.1 Å². The third-order valence-corrected chi connectivity index (χ3v) is 3.98. The Bertz CT molecular complexity index is 848. The van der Waals surface area contributed by atoms with Crippen molar-refractivity contribution < 1.29 is 23.7 Å². The van der Waals surface area contributed by atoms with E-state index in [0.29, 0.717) is 28.5 Å². The van der Waals surface area contributed by atoms with Crippen molar-refractivity contribution in [2.75, 3.05) is 34.2 Å². The Morgan fingerprint density at radius 2 is 1.65 bits per heavy atom. The fourth-order valence-corrected chi connectivity index (χ4v) is 2.64. The molecule has 0 unspecified atom stereocenters. The number of halogens is 1. The number of benzene rings is 2. The van der Waals surface area contributed by atoms with E-state index < -0.39 is 5.78 Å². The molecule has 0 spiro atoms. The van der Waals surface area contributed by atoms with Gasteiger partial charge in [0.2, 0.25) is 5.78 Å². The van der Waals surface area contributed by atoms with Crippen molar-refractivity contribution in [1.29, 1.82) is 0 Å². The van der Waals surface area contributed by atoms with E-state index in [0.717, 1.165) is 0 Å². The number of carbonyl (C=O) groups is 1. The molecule has 0 radical (unpaired) electrons. The molecule has 0 aliphatic carbocycles. The second-order valence-electron chi connectivity index (χ2n) is 5.23. The number of Topliss-reactive ketones (excluding diaryl/α,β-unsaturated/α-hetero) is 1. The Morgan fingerprint density at radius 1 is 0.962 bits per heavy atom. The second-order valence-corrected chi connectivity index (χ2v) is 5.64. The van der Waals surface area contributed by atoms with Gasteiger partial charge in [0.1, 0.15) is 11.5 Å². The number of ketones is 1. The summed E-state index contributed by atoms with van der Waals surface area (Å²) in [5.41, 5.74) is 7.21. The number of nitrogens with two attached hydrogens (primary N) is 1. The molecule has 0 bridgehead atoms. The molecule has 0 amide bonds. The summed E-state index contributed by atoms with van der Waals surface area (Å²) in [7, 11) is 5.94. The Kier molecular flexibility index (Phi) is 6.36. The van der Waals surface area contributed by atoms with E-state index in [-0.39, 0.29) is 16.3 Å². The summed E-state index contributed by atoms with van der Waals surface area (Å²) in [6.07, 6.45) is 1.52. The standard InChI is InChI=1S/C19H20ClNO5/c1-23-12-9-13(19(26-4)17(10-12)25-3)18(22)14(20)7-11-5-6-16(24-2)15(21)8-11/h5-10H,21H2,1-4H3. The highest BCUT2D eigenvalue weighted by Crippen LogP contribution is 2.37. The van der Waals surface area contributed by atoms with Crippen LogP contribution in [0.1, 0.15) is 15.9 Å². The summed E-state index contributed by atoms with van der Waals surface area (Å²) < 4.78 is 20.9. The average Bonchev–Trinajstić information content (AvgIpc) is 2.66. The zero-order chi connectivity index (χ0) is 19.3. The van der Waals surface area contributed by atoms with Crippen LogP contribution in [0.25, 0.3) is 6.08 Å². The van der Waals surface area contributed by atoms with E-state index in [4.69, 9.17) is 36.3 Å². The average molecular weight is 378 g/mol. The first kappa shape index (κ1) is 19.5. The van der Waals surface area contributed by atoms with Crippen LogP contribution in [0.4, 0.5) is 5.69 Å². The van der Waals surface area contributed by atoms with Crippen molar-refractivity contribution in [2.24, 2.45) is 0 Å². The van der Waals surface area contributed by atoms with E-state index in [1.54, 1.807) is 30.3 Å². The van der Waals surface area contributed by atoms with E-state index in [1.807, 2.05) is 0 Å². The number of carbonyl (C=O) groups excluding carboxylic acids is 1. The van der Waals surface area contributed by atoms with Crippen LogP contribution in [-0.4, -0.2) is 34.2 Å². The summed E-state index contributed by atoms with van der Waals surface area (Å²) in [5, 5.41) is -0.0110. The Hall–Kier alpha value is -2.86. The van der Waals surface area contributed by atoms with Crippen LogP contribution in [0.5, 0.6) is 23.0 Å². The summed E-state index contributed by atoms with van der Waals surface area (Å²) >= 11 is 6.25. The number of anilines is 1. The van der Waals surface area contributed by atoms with Crippen LogP contribution in [0.15, 0.2) is 35.4 Å². The summed E-state index contributed by atoms with van der Waals surface area (Å²) in [5.74, 6) is 1.20. The van der Waals surface area contributed by atoms with Crippen molar-refractivity contribution in [3.8, 4) is 23.0 Å². The van der Waals surface area contributed by atoms with Gasteiger partial charge in [0, 0.05) is 6.07 Å². The molecule has 0 heterocycles. The largest absolute Gasteiger partial charge is 0.497 e. The van der Waals surface area contributed by atoms with Gasteiger partial charge in [-0.25, -0.2) is 0 Å². The summed E-state index contributed by atoms with van der Waals surface area (Å²) in [6, 6.07) is 8.27. The molecule has 7 heteroatoms. The lowest BCUT2D eigenvalue weighted by Gasteiger charge is -2.14. The maximum Gasteiger partial charge on any atom is 0.208 e. The fraction of sp³-hybridized carbons (Fsp3) is 0.211. The first-order valence-corrected chi connectivity index (χ1v) is 7.98. The first-order valence-electron chi connectivity index (χ1n) is 7.60. The molecule has 0 saturated carbocycles. The number of hydrogen-bond acceptors (Lipinski definition) is 6. The number of methoxy groups -OCH3 is 4. The van der Waals surface area contributed by atoms with Crippen molar-refractivity contribution in [1.82, 2.24) is 0 Å². The zero-order valence-electron chi connectivity index (χ0n) is 15.0. The number of ether oxygens (including phenoxy) is 4. The Balaban J connectivity index is 2.45. The van der Waals surface area contributed by atoms with E-state index in [2.05, 4.69) is 0 Å². The normalized spacial score (nSPS) is 11.0. The predicted octanol–water partition coefficient (Wildman–Crippen LogP) is 3.77. The van der Waals surface area contributed by atoms with Crippen LogP contribution in [0.2, 0.25) is 0 Å². The molecule has 0 aromatic heterocycles. The summed E-state index contributed by atoms with van der Waals surface area (Å²) in [4.78, 5) is 12.8. The molecule has 0 atom stereocenters. The lowest BCUT2D eigenvalue weighted by molar-refractivity contribution is 0.103. The van der Waals surface area contributed by atoms with Crippen LogP contribution in [0.3, 0.4) is 0 Å². The zero-order valence-corrected chi connectivity index (χ0v) is 15.7. The molecule has 2 N–H and O–H groups in total. The number of hydrogen-bond donors (Lipinski definition) is 1. The molecule has 26 heavy (non-hydrogen) atoms. The van der Waals surface area contributed by atoms with E-state index in [9.17, 15) is 4.79 Å². The molecule has 0 saturated heterocycles. The third kappa shape index (κ3) is 4.03. The van der Waals surface area contributed by atoms with Gasteiger partial charge in [-0.2, -0.15) is 0 Å². The van der Waals surface area contributed by atoms with Gasteiger partial charge in [-0.05, 0) is 29.8 Å². The SMILES string of the molecule is COc1cc(OC)c(OC)c(C(=O)C(Cl)=Cc2ccc(OC)c(N)c2)c1. The third-order valence-electron chi connectivity index (χ3n) is 3.70. The minimum atomic E-state index is -0.435. The van der Waals surface area contributed by atoms with Crippen LogP contribution in [-0.2, 0) is 0 Å². The molecule has 0 fully saturated rings. The minimum Gasteiger partial charge on any atom is -0.497 e. The number of nitrogen functional groups attached to an aromatic ring is 1. The lowest BCUT2D eigenvalue weighted by atomic mass is 10.1. The molecule has 2 aromatic rings. The van der Waals surface area contributed by atoms with Crippen LogP contribution >= 0.6 is 11.6 Å². The smallest absolute Gasteiger partial charge is 0.208 e. The molecule has 0 aliphatic rings. The van der Waals surface area contributed by atoms with Gasteiger partial charge in [-0.1, -0.05) is 17.7 Å². The highest BCUT2D eigenvalue weighted by Gasteiger charge is 2.21. The van der Waals surface area contributed by atoms with E-state index in [1.165, 1.54) is 34.5 Å². The first-order chi connectivity index (χ1) is 12.4. The van der Waals surface area contributed by atoms with Crippen molar-refractivity contribution in [3.05, 3.63) is 46.5 Å². The second kappa shape index (κ2) is 8.49. The molecular formula is C19H20ClNO5. The Morgan fingerprint density at radius 3 is 2.19 bits per heavy atom. The van der Waals surface area contributed by atoms with Gasteiger partial charge in [-0.3, -0.25) is 4.79 Å². The molecule has 6 nitrogen and oxygen atoms in total. The molecule has 138 valence electrons. The van der Waals surface area contributed by atoms with Gasteiger partial charge in [0.05, 0.1) is 44.7 Å². The van der Waals surface area contributed by atoms with Gasteiger partial charge < -0.3 is 24.7 Å². The van der Waals surface area contributed by atoms with E-state index >= 15 is 0 Å². The number of rotatable bonds is 7. The molecule has 2 rings (SSSR count). The van der Waals surface area contributed by atoms with Gasteiger partial charge in [0.25, 0.3) is 0 Å².